The Morgan fingerprint density at radius 3 is 2.08 bits per heavy atom. The quantitative estimate of drug-likeness (QED) is 0.472. The smallest absolute Gasteiger partial charge is 0.0421 e. The molecule has 0 saturated heterocycles. The summed E-state index contributed by atoms with van der Waals surface area (Å²) in [5.74, 6) is 0.735. The van der Waals surface area contributed by atoms with E-state index in [-0.39, 0.29) is 0 Å². The number of hydrogen-bond acceptors (Lipinski definition) is 1. The van der Waals surface area contributed by atoms with Crippen LogP contribution in [0.1, 0.15) is 95.8 Å². The number of benzene rings is 1. The van der Waals surface area contributed by atoms with Crippen molar-refractivity contribution in [3.63, 3.8) is 0 Å². The molecule has 2 rings (SSSR count). The minimum atomic E-state index is 0.735. The maximum atomic E-state index is 3.60. The van der Waals surface area contributed by atoms with Crippen molar-refractivity contribution in [3.8, 4) is 0 Å². The van der Waals surface area contributed by atoms with Crippen LogP contribution >= 0.6 is 0 Å². The fourth-order valence-electron chi connectivity index (χ4n) is 3.32. The van der Waals surface area contributed by atoms with Crippen LogP contribution in [-0.2, 0) is 6.42 Å². The van der Waals surface area contributed by atoms with Crippen LogP contribution in [0.2, 0.25) is 0 Å². The molecule has 0 radical (unpaired) electrons. The number of aryl methyl sites for hydroxylation is 2. The van der Waals surface area contributed by atoms with E-state index in [1.807, 2.05) is 0 Å². The summed E-state index contributed by atoms with van der Waals surface area (Å²) < 4.78 is 0. The Labute approximate surface area is 157 Å². The summed E-state index contributed by atoms with van der Waals surface area (Å²) in [5.41, 5.74) is 6.97. The Kier molecular flexibility index (Phi) is 10.6. The number of nitrogens with one attached hydrogen (secondary N) is 1. The number of unbranched alkanes of at least 4 members (excludes halogenated alkanes) is 4. The van der Waals surface area contributed by atoms with Gasteiger partial charge < -0.3 is 5.32 Å². The minimum Gasteiger partial charge on any atom is -0.359 e. The van der Waals surface area contributed by atoms with E-state index in [4.69, 9.17) is 0 Å². The Balaban J connectivity index is 0.000000450. The lowest BCUT2D eigenvalue weighted by molar-refractivity contribution is 0.537. The zero-order valence-corrected chi connectivity index (χ0v) is 17.7. The van der Waals surface area contributed by atoms with Gasteiger partial charge in [-0.25, -0.2) is 0 Å². The summed E-state index contributed by atoms with van der Waals surface area (Å²) in [5, 5.41) is 3.60. The first-order valence-corrected chi connectivity index (χ1v) is 10.6. The first-order chi connectivity index (χ1) is 12.0. The molecule has 1 nitrogen and oxygen atoms in total. The van der Waals surface area contributed by atoms with E-state index in [9.17, 15) is 0 Å². The summed E-state index contributed by atoms with van der Waals surface area (Å²) in [6, 6.07) is 4.63. The van der Waals surface area contributed by atoms with E-state index in [1.54, 1.807) is 0 Å². The number of allylic oxidation sites excluding steroid dienone is 2. The average Bonchev–Trinajstić information content (AvgIpc) is 2.98. The van der Waals surface area contributed by atoms with E-state index >= 15 is 0 Å². The van der Waals surface area contributed by atoms with Crippen molar-refractivity contribution in [1.29, 1.82) is 0 Å². The molecule has 0 bridgehead atoms. The molecule has 142 valence electrons. The molecule has 1 heterocycles. The molecule has 1 N–H and O–H groups in total. The molecule has 25 heavy (non-hydrogen) atoms. The molecular weight excluding hydrogens is 302 g/mol. The maximum absolute atomic E-state index is 3.60. The van der Waals surface area contributed by atoms with Gasteiger partial charge in [0.05, 0.1) is 0 Å². The van der Waals surface area contributed by atoms with E-state index in [2.05, 4.69) is 65.1 Å². The van der Waals surface area contributed by atoms with Gasteiger partial charge in [0.25, 0.3) is 0 Å². The van der Waals surface area contributed by atoms with Crippen LogP contribution in [0.25, 0.3) is 0 Å². The number of fused-ring (bicyclic) bond motifs is 1. The molecule has 0 spiro atoms. The van der Waals surface area contributed by atoms with Gasteiger partial charge in [0, 0.05) is 17.8 Å². The molecule has 0 saturated carbocycles. The van der Waals surface area contributed by atoms with E-state index in [1.165, 1.54) is 79.4 Å². The Morgan fingerprint density at radius 2 is 1.52 bits per heavy atom. The molecule has 0 aliphatic carbocycles. The Morgan fingerprint density at radius 1 is 0.920 bits per heavy atom. The van der Waals surface area contributed by atoms with Crippen molar-refractivity contribution in [1.82, 2.24) is 0 Å². The third-order valence-corrected chi connectivity index (χ3v) is 5.24. The number of anilines is 1. The fourth-order valence-corrected chi connectivity index (χ4v) is 3.32. The lowest BCUT2D eigenvalue weighted by atomic mass is 9.97. The van der Waals surface area contributed by atoms with Gasteiger partial charge in [-0.3, -0.25) is 0 Å². The Hall–Kier alpha value is -1.24. The van der Waals surface area contributed by atoms with Crippen LogP contribution in [0.5, 0.6) is 0 Å². The van der Waals surface area contributed by atoms with Crippen LogP contribution in [0.3, 0.4) is 0 Å². The second-order valence-corrected chi connectivity index (χ2v) is 7.60. The lowest BCUT2D eigenvalue weighted by Gasteiger charge is -2.11. The third kappa shape index (κ3) is 7.67. The van der Waals surface area contributed by atoms with Crippen LogP contribution in [0.4, 0.5) is 5.69 Å². The molecule has 1 aromatic rings. The molecule has 1 atom stereocenters. The topological polar surface area (TPSA) is 12.0 Å². The molecule has 1 aliphatic rings. The SMILES string of the molecule is CCCCC(C=C1Cc2cc(C)c(C)cc2N1)CC.CCCCCC. The van der Waals surface area contributed by atoms with Gasteiger partial charge in [0.1, 0.15) is 0 Å². The van der Waals surface area contributed by atoms with Crippen LogP contribution in [-0.4, -0.2) is 0 Å². The first-order valence-electron chi connectivity index (χ1n) is 10.6. The lowest BCUT2D eigenvalue weighted by Crippen LogP contribution is -2.00. The molecular formula is C24H41N. The molecule has 1 heteroatoms. The first kappa shape index (κ1) is 21.8. The van der Waals surface area contributed by atoms with Crippen LogP contribution in [0.15, 0.2) is 23.9 Å². The predicted molar refractivity (Wildman–Crippen MR) is 114 cm³/mol. The summed E-state index contributed by atoms with van der Waals surface area (Å²) in [4.78, 5) is 0. The molecule has 0 aromatic heterocycles. The number of rotatable bonds is 8. The van der Waals surface area contributed by atoms with Crippen molar-refractivity contribution in [2.75, 3.05) is 5.32 Å². The van der Waals surface area contributed by atoms with Gasteiger partial charge in [0.15, 0.2) is 0 Å². The standard InChI is InChI=1S/C18H27N.C6H14/c1-5-7-8-15(6-2)11-17-12-16-9-13(3)14(4)10-18(16)19-17;1-3-5-6-4-2/h9-11,15,19H,5-8,12H2,1-4H3;3-6H2,1-2H3. The van der Waals surface area contributed by atoms with E-state index in [0.29, 0.717) is 0 Å². The normalized spacial score (nSPS) is 15.4. The van der Waals surface area contributed by atoms with Crippen molar-refractivity contribution < 1.29 is 0 Å². The van der Waals surface area contributed by atoms with Crippen LogP contribution in [0, 0.1) is 19.8 Å². The van der Waals surface area contributed by atoms with Gasteiger partial charge >= 0.3 is 0 Å². The van der Waals surface area contributed by atoms with Crippen LogP contribution < -0.4 is 5.32 Å². The zero-order valence-electron chi connectivity index (χ0n) is 17.7. The van der Waals surface area contributed by atoms with Crippen molar-refractivity contribution in [2.24, 2.45) is 5.92 Å². The largest absolute Gasteiger partial charge is 0.359 e. The molecule has 0 amide bonds. The molecule has 0 fully saturated rings. The second kappa shape index (κ2) is 12.2. The highest BCUT2D eigenvalue weighted by atomic mass is 14.9. The molecule has 1 aromatic carbocycles. The summed E-state index contributed by atoms with van der Waals surface area (Å²) in [6.45, 7) is 13.4. The summed E-state index contributed by atoms with van der Waals surface area (Å²) >= 11 is 0. The van der Waals surface area contributed by atoms with Gasteiger partial charge in [-0.2, -0.15) is 0 Å². The predicted octanol–water partition coefficient (Wildman–Crippen LogP) is 7.96. The van der Waals surface area contributed by atoms with Gasteiger partial charge in [0.2, 0.25) is 0 Å². The van der Waals surface area contributed by atoms with Gasteiger partial charge in [-0.05, 0) is 55.4 Å². The Bertz CT molecular complexity index is 490. The van der Waals surface area contributed by atoms with Crippen molar-refractivity contribution >= 4 is 5.69 Å². The fraction of sp³-hybridized carbons (Fsp3) is 0.667. The molecule has 1 unspecified atom stereocenters. The third-order valence-electron chi connectivity index (χ3n) is 5.24. The zero-order chi connectivity index (χ0) is 18.7. The molecule has 1 aliphatic heterocycles. The highest BCUT2D eigenvalue weighted by molar-refractivity contribution is 5.64. The maximum Gasteiger partial charge on any atom is 0.0421 e. The second-order valence-electron chi connectivity index (χ2n) is 7.60. The van der Waals surface area contributed by atoms with Gasteiger partial charge in [-0.1, -0.05) is 78.4 Å². The summed E-state index contributed by atoms with van der Waals surface area (Å²) in [7, 11) is 0. The number of hydrogen-bond donors (Lipinski definition) is 1. The average molecular weight is 344 g/mol. The van der Waals surface area contributed by atoms with Crippen molar-refractivity contribution in [3.05, 3.63) is 40.6 Å². The minimum absolute atomic E-state index is 0.735. The van der Waals surface area contributed by atoms with E-state index < -0.39 is 0 Å². The van der Waals surface area contributed by atoms with E-state index in [0.717, 1.165) is 12.3 Å². The monoisotopic (exact) mass is 343 g/mol. The highest BCUT2D eigenvalue weighted by Crippen LogP contribution is 2.31. The van der Waals surface area contributed by atoms with Gasteiger partial charge in [-0.15, -0.1) is 0 Å². The highest BCUT2D eigenvalue weighted by Gasteiger charge is 2.16. The van der Waals surface area contributed by atoms with Crippen molar-refractivity contribution in [2.45, 2.75) is 99.3 Å². The summed E-state index contributed by atoms with van der Waals surface area (Å²) in [6.07, 6.45) is 14.3.